The molecule has 0 radical (unpaired) electrons. The minimum atomic E-state index is -4.42. The van der Waals surface area contributed by atoms with E-state index in [1.807, 2.05) is 0 Å². The van der Waals surface area contributed by atoms with Crippen molar-refractivity contribution in [2.24, 2.45) is 0 Å². The summed E-state index contributed by atoms with van der Waals surface area (Å²) in [4.78, 5) is 14.1. The number of alkyl halides is 3. The molecule has 0 aliphatic heterocycles. The van der Waals surface area contributed by atoms with Crippen LogP contribution >= 0.6 is 0 Å². The average Bonchev–Trinajstić information content (AvgIpc) is 2.50. The Labute approximate surface area is 148 Å². The molecule has 6 nitrogen and oxygen atoms in total. The molecular formula is C15H16ClF3N4O2. The van der Waals surface area contributed by atoms with E-state index < -0.39 is 17.8 Å². The predicted molar refractivity (Wildman–Crippen MR) is 82.8 cm³/mol. The molecular weight excluding hydrogens is 361 g/mol. The number of pyridine rings is 1. The Morgan fingerprint density at radius 2 is 2.00 bits per heavy atom. The Bertz CT molecular complexity index is 741. The van der Waals surface area contributed by atoms with E-state index in [4.69, 9.17) is 10.5 Å². The van der Waals surface area contributed by atoms with Gasteiger partial charge in [0.2, 0.25) is 11.6 Å². The lowest BCUT2D eigenvalue weighted by Crippen LogP contribution is -3.00. The van der Waals surface area contributed by atoms with E-state index >= 15 is 0 Å². The topological polar surface area (TPSA) is 90.5 Å². The third kappa shape index (κ3) is 5.71. The smallest absolute Gasteiger partial charge is 0.416 e. The van der Waals surface area contributed by atoms with Gasteiger partial charge in [-0.3, -0.25) is 10.6 Å². The maximum absolute atomic E-state index is 12.7. The number of benzene rings is 1. The minimum absolute atomic E-state index is 0. The van der Waals surface area contributed by atoms with Gasteiger partial charge in [0.25, 0.3) is 0 Å². The number of rotatable bonds is 4. The molecule has 0 fully saturated rings. The van der Waals surface area contributed by atoms with Crippen molar-refractivity contribution < 1.29 is 40.1 Å². The van der Waals surface area contributed by atoms with Gasteiger partial charge >= 0.3 is 12.3 Å². The zero-order valence-corrected chi connectivity index (χ0v) is 13.8. The Balaban J connectivity index is 0.00000312. The van der Waals surface area contributed by atoms with Gasteiger partial charge in [0, 0.05) is 6.07 Å². The molecule has 0 bridgehead atoms. The molecule has 1 heterocycles. The zero-order chi connectivity index (χ0) is 17.7. The van der Waals surface area contributed by atoms with Gasteiger partial charge in [-0.05, 0) is 31.2 Å². The summed E-state index contributed by atoms with van der Waals surface area (Å²) < 4.78 is 42.8. The maximum Gasteiger partial charge on any atom is 0.416 e. The van der Waals surface area contributed by atoms with Crippen LogP contribution < -0.4 is 33.8 Å². The third-order valence-corrected chi connectivity index (χ3v) is 2.96. The van der Waals surface area contributed by atoms with Gasteiger partial charge in [0.1, 0.15) is 5.69 Å². The second-order valence-corrected chi connectivity index (χ2v) is 4.75. The number of aromatic amines is 1. The average molecular weight is 377 g/mol. The summed E-state index contributed by atoms with van der Waals surface area (Å²) in [6, 6.07) is 7.77. The van der Waals surface area contributed by atoms with Crippen LogP contribution in [0.1, 0.15) is 12.5 Å². The van der Waals surface area contributed by atoms with Gasteiger partial charge in [-0.15, -0.1) is 0 Å². The maximum atomic E-state index is 12.7. The second kappa shape index (κ2) is 8.43. The fraction of sp³-hybridized carbons (Fsp3) is 0.200. The van der Waals surface area contributed by atoms with E-state index in [1.165, 1.54) is 24.3 Å². The molecule has 2 aromatic rings. The number of anilines is 4. The van der Waals surface area contributed by atoms with Gasteiger partial charge in [-0.2, -0.15) is 13.2 Å². The summed E-state index contributed by atoms with van der Waals surface area (Å²) in [5, 5.41) is 5.22. The highest BCUT2D eigenvalue weighted by molar-refractivity contribution is 5.87. The molecule has 25 heavy (non-hydrogen) atoms. The quantitative estimate of drug-likeness (QED) is 0.721. The lowest BCUT2D eigenvalue weighted by Gasteiger charge is -2.09. The van der Waals surface area contributed by atoms with Gasteiger partial charge in [-0.25, -0.2) is 9.78 Å². The van der Waals surface area contributed by atoms with E-state index in [-0.39, 0.29) is 30.5 Å². The minimum Gasteiger partial charge on any atom is -1.00 e. The molecule has 2 rings (SSSR count). The summed E-state index contributed by atoms with van der Waals surface area (Å²) in [5.74, 6) is 0.487. The van der Waals surface area contributed by atoms with Crippen LogP contribution in [0.5, 0.6) is 0 Å². The SMILES string of the molecule is CCOC(=O)Nc1ccc(Nc2cccc(C(F)(F)F)c2)[nH+]c1N.[Cl-]. The zero-order valence-electron chi connectivity index (χ0n) is 13.1. The number of carbonyl (C=O) groups excluding carboxylic acids is 1. The Kier molecular flexibility index (Phi) is 6.86. The van der Waals surface area contributed by atoms with Crippen molar-refractivity contribution in [1.29, 1.82) is 0 Å². The number of nitrogen functional groups attached to an aromatic ring is 1. The summed E-state index contributed by atoms with van der Waals surface area (Å²) in [6.45, 7) is 1.88. The third-order valence-electron chi connectivity index (χ3n) is 2.96. The molecule has 0 atom stereocenters. The number of hydrogen-bond acceptors (Lipinski definition) is 4. The molecule has 136 valence electrons. The van der Waals surface area contributed by atoms with Crippen LogP contribution in [-0.2, 0) is 10.9 Å². The number of nitrogens with one attached hydrogen (secondary N) is 3. The normalized spacial score (nSPS) is 10.6. The number of ether oxygens (including phenoxy) is 1. The number of aromatic nitrogens is 1. The van der Waals surface area contributed by atoms with Crippen molar-refractivity contribution in [2.45, 2.75) is 13.1 Å². The van der Waals surface area contributed by atoms with Crippen LogP contribution in [0.3, 0.4) is 0 Å². The Morgan fingerprint density at radius 1 is 1.28 bits per heavy atom. The van der Waals surface area contributed by atoms with E-state index in [0.717, 1.165) is 12.1 Å². The predicted octanol–water partition coefficient (Wildman–Crippen LogP) is 0.418. The highest BCUT2D eigenvalue weighted by Gasteiger charge is 2.30. The molecule has 1 amide bonds. The molecule has 10 heteroatoms. The Morgan fingerprint density at radius 3 is 2.60 bits per heavy atom. The van der Waals surface area contributed by atoms with Gasteiger partial charge in [0.15, 0.2) is 0 Å². The van der Waals surface area contributed by atoms with E-state index in [9.17, 15) is 18.0 Å². The van der Waals surface area contributed by atoms with Crippen LogP contribution in [0.2, 0.25) is 0 Å². The number of amides is 1. The molecule has 0 spiro atoms. The van der Waals surface area contributed by atoms with Crippen molar-refractivity contribution in [3.05, 3.63) is 42.0 Å². The standard InChI is InChI=1S/C15H15F3N4O2.ClH/c1-2-24-14(23)21-11-6-7-12(22-13(11)19)20-10-5-3-4-9(8-10)15(16,17)18;/h3-8H,2H2,1H3,(H,21,23)(H3,19,20,22);1H. The lowest BCUT2D eigenvalue weighted by molar-refractivity contribution is -0.342. The number of nitrogens with two attached hydrogens (primary N) is 1. The summed E-state index contributed by atoms with van der Waals surface area (Å²) in [5.41, 5.74) is 5.55. The van der Waals surface area contributed by atoms with Crippen molar-refractivity contribution in [3.63, 3.8) is 0 Å². The first kappa shape index (κ1) is 20.4. The molecule has 0 aliphatic carbocycles. The van der Waals surface area contributed by atoms with Crippen LogP contribution in [0.15, 0.2) is 36.4 Å². The van der Waals surface area contributed by atoms with Crippen molar-refractivity contribution >= 4 is 29.1 Å². The van der Waals surface area contributed by atoms with Gasteiger partial charge in [-0.1, -0.05) is 6.07 Å². The number of hydrogen-bond donors (Lipinski definition) is 3. The number of halogens is 4. The summed E-state index contributed by atoms with van der Waals surface area (Å²) in [6.07, 6.45) is -5.08. The van der Waals surface area contributed by atoms with Crippen molar-refractivity contribution in [3.8, 4) is 0 Å². The molecule has 0 saturated heterocycles. The van der Waals surface area contributed by atoms with E-state index in [1.54, 1.807) is 6.92 Å². The number of carbonyl (C=O) groups is 1. The van der Waals surface area contributed by atoms with Crippen LogP contribution in [0.25, 0.3) is 0 Å². The van der Waals surface area contributed by atoms with Crippen LogP contribution in [-0.4, -0.2) is 12.7 Å². The Hall–Kier alpha value is -2.68. The first-order valence-electron chi connectivity index (χ1n) is 6.99. The largest absolute Gasteiger partial charge is 1.00 e. The fourth-order valence-corrected chi connectivity index (χ4v) is 1.90. The second-order valence-electron chi connectivity index (χ2n) is 4.75. The van der Waals surface area contributed by atoms with E-state index in [2.05, 4.69) is 15.6 Å². The molecule has 0 saturated carbocycles. The first-order valence-corrected chi connectivity index (χ1v) is 6.99. The van der Waals surface area contributed by atoms with Crippen LogP contribution in [0, 0.1) is 0 Å². The lowest BCUT2D eigenvalue weighted by atomic mass is 10.2. The number of H-pyrrole nitrogens is 1. The monoisotopic (exact) mass is 376 g/mol. The highest BCUT2D eigenvalue weighted by atomic mass is 35.5. The molecule has 1 aromatic carbocycles. The molecule has 5 N–H and O–H groups in total. The van der Waals surface area contributed by atoms with Crippen LogP contribution in [0.4, 0.5) is 41.0 Å². The summed E-state index contributed by atoms with van der Waals surface area (Å²) >= 11 is 0. The summed E-state index contributed by atoms with van der Waals surface area (Å²) in [7, 11) is 0. The van der Waals surface area contributed by atoms with E-state index in [0.29, 0.717) is 11.5 Å². The first-order chi connectivity index (χ1) is 11.3. The molecule has 1 aromatic heterocycles. The van der Waals surface area contributed by atoms with Crippen molar-refractivity contribution in [1.82, 2.24) is 0 Å². The molecule has 0 aliphatic rings. The molecule has 0 unspecified atom stereocenters. The van der Waals surface area contributed by atoms with Crippen molar-refractivity contribution in [2.75, 3.05) is 23.0 Å². The van der Waals surface area contributed by atoms with Gasteiger partial charge in [0.05, 0.1) is 17.9 Å². The van der Waals surface area contributed by atoms with Gasteiger partial charge < -0.3 is 22.9 Å². The fourth-order valence-electron chi connectivity index (χ4n) is 1.90. The highest BCUT2D eigenvalue weighted by Crippen LogP contribution is 2.31.